The van der Waals surface area contributed by atoms with E-state index in [1.807, 2.05) is 6.92 Å². The maximum absolute atomic E-state index is 13.1. The van der Waals surface area contributed by atoms with Crippen LogP contribution in [0.3, 0.4) is 0 Å². The first kappa shape index (κ1) is 19.8. The Morgan fingerprint density at radius 2 is 2.08 bits per heavy atom. The number of hydrogen-bond acceptors (Lipinski definition) is 3. The van der Waals surface area contributed by atoms with Crippen LogP contribution in [0.2, 0.25) is 0 Å². The molecule has 0 atom stereocenters. The van der Waals surface area contributed by atoms with Crippen LogP contribution in [-0.2, 0) is 10.2 Å². The van der Waals surface area contributed by atoms with Gasteiger partial charge in [0.1, 0.15) is 5.75 Å². The Bertz CT molecular complexity index is 637. The lowest BCUT2D eigenvalue weighted by molar-refractivity contribution is -0.126. The third-order valence-corrected chi connectivity index (χ3v) is 5.49. The third-order valence-electron chi connectivity index (χ3n) is 5.49. The Hall–Kier alpha value is -1.52. The first-order valence-electron chi connectivity index (χ1n) is 8.98. The van der Waals surface area contributed by atoms with Gasteiger partial charge in [0.2, 0.25) is 5.91 Å². The monoisotopic (exact) mass is 364 g/mol. The molecule has 5 heteroatoms. The van der Waals surface area contributed by atoms with Crippen molar-refractivity contribution < 1.29 is 9.53 Å². The van der Waals surface area contributed by atoms with Crippen molar-refractivity contribution in [3.05, 3.63) is 41.0 Å². The average molecular weight is 365 g/mol. The van der Waals surface area contributed by atoms with Crippen LogP contribution in [-0.4, -0.2) is 32.7 Å². The second-order valence-electron chi connectivity index (χ2n) is 6.97. The van der Waals surface area contributed by atoms with Crippen LogP contribution >= 0.6 is 12.4 Å². The van der Waals surface area contributed by atoms with E-state index >= 15 is 0 Å². The van der Waals surface area contributed by atoms with Crippen LogP contribution < -0.4 is 15.4 Å². The molecule has 1 fully saturated rings. The maximum atomic E-state index is 13.1. The summed E-state index contributed by atoms with van der Waals surface area (Å²) < 4.78 is 5.48. The van der Waals surface area contributed by atoms with E-state index in [2.05, 4.69) is 34.9 Å². The molecular formula is C20H29ClN2O2. The normalized spacial score (nSPS) is 18.9. The SMILES string of the molecule is COc1cc(C2(C(=O)NCC3=CCNCC3)CCCC2)ccc1C.Cl. The van der Waals surface area contributed by atoms with Crippen molar-refractivity contribution in [2.45, 2.75) is 44.4 Å². The summed E-state index contributed by atoms with van der Waals surface area (Å²) in [6, 6.07) is 6.23. The summed E-state index contributed by atoms with van der Waals surface area (Å²) in [5, 5.41) is 6.52. The molecule has 0 saturated heterocycles. The van der Waals surface area contributed by atoms with Crippen LogP contribution in [0.1, 0.15) is 43.2 Å². The number of ether oxygens (including phenoxy) is 1. The predicted molar refractivity (Wildman–Crippen MR) is 104 cm³/mol. The second-order valence-corrected chi connectivity index (χ2v) is 6.97. The van der Waals surface area contributed by atoms with Crippen molar-refractivity contribution in [3.8, 4) is 5.75 Å². The fraction of sp³-hybridized carbons (Fsp3) is 0.550. The molecular weight excluding hydrogens is 336 g/mol. The number of hydrogen-bond donors (Lipinski definition) is 2. The molecule has 1 amide bonds. The van der Waals surface area contributed by atoms with Gasteiger partial charge in [-0.05, 0) is 49.9 Å². The van der Waals surface area contributed by atoms with Gasteiger partial charge in [0, 0.05) is 13.1 Å². The average Bonchev–Trinajstić information content (AvgIpc) is 3.12. The van der Waals surface area contributed by atoms with Gasteiger partial charge in [0.05, 0.1) is 12.5 Å². The summed E-state index contributed by atoms with van der Waals surface area (Å²) in [6.07, 6.45) is 7.27. The van der Waals surface area contributed by atoms with Gasteiger partial charge in [-0.1, -0.05) is 36.6 Å². The zero-order valence-electron chi connectivity index (χ0n) is 15.2. The van der Waals surface area contributed by atoms with E-state index < -0.39 is 5.41 Å². The van der Waals surface area contributed by atoms with Crippen molar-refractivity contribution in [3.63, 3.8) is 0 Å². The molecule has 4 nitrogen and oxygen atoms in total. The van der Waals surface area contributed by atoms with Crippen LogP contribution in [0.15, 0.2) is 29.8 Å². The summed E-state index contributed by atoms with van der Waals surface area (Å²) in [4.78, 5) is 13.1. The van der Waals surface area contributed by atoms with Gasteiger partial charge in [0.15, 0.2) is 0 Å². The van der Waals surface area contributed by atoms with Crippen LogP contribution in [0.4, 0.5) is 0 Å². The molecule has 1 heterocycles. The van der Waals surface area contributed by atoms with E-state index in [9.17, 15) is 4.79 Å². The Morgan fingerprint density at radius 1 is 1.32 bits per heavy atom. The molecule has 1 aliphatic heterocycles. The molecule has 0 radical (unpaired) electrons. The number of methoxy groups -OCH3 is 1. The van der Waals surface area contributed by atoms with Gasteiger partial charge in [-0.25, -0.2) is 0 Å². The first-order valence-corrected chi connectivity index (χ1v) is 8.98. The Balaban J connectivity index is 0.00000225. The highest BCUT2D eigenvalue weighted by molar-refractivity contribution is 5.89. The molecule has 0 spiro atoms. The third kappa shape index (κ3) is 4.18. The van der Waals surface area contributed by atoms with Crippen molar-refractivity contribution in [2.24, 2.45) is 0 Å². The molecule has 1 aromatic rings. The molecule has 0 unspecified atom stereocenters. The highest BCUT2D eigenvalue weighted by Gasteiger charge is 2.42. The molecule has 1 saturated carbocycles. The van der Waals surface area contributed by atoms with Gasteiger partial charge in [-0.3, -0.25) is 4.79 Å². The molecule has 138 valence electrons. The van der Waals surface area contributed by atoms with E-state index in [4.69, 9.17) is 4.74 Å². The summed E-state index contributed by atoms with van der Waals surface area (Å²) >= 11 is 0. The predicted octanol–water partition coefficient (Wildman–Crippen LogP) is 3.27. The lowest BCUT2D eigenvalue weighted by Gasteiger charge is -2.29. The number of halogens is 1. The van der Waals surface area contributed by atoms with Crippen molar-refractivity contribution >= 4 is 18.3 Å². The van der Waals surface area contributed by atoms with Crippen LogP contribution in [0.5, 0.6) is 5.75 Å². The zero-order chi connectivity index (χ0) is 17.0. The van der Waals surface area contributed by atoms with Crippen LogP contribution in [0, 0.1) is 6.92 Å². The molecule has 1 aromatic carbocycles. The van der Waals surface area contributed by atoms with Gasteiger partial charge >= 0.3 is 0 Å². The molecule has 1 aliphatic carbocycles. The number of carbonyl (C=O) groups is 1. The molecule has 3 rings (SSSR count). The Kier molecular flexibility index (Phi) is 6.91. The smallest absolute Gasteiger partial charge is 0.230 e. The first-order chi connectivity index (χ1) is 11.7. The summed E-state index contributed by atoms with van der Waals surface area (Å²) in [5.74, 6) is 1.04. The number of benzene rings is 1. The van der Waals surface area contributed by atoms with E-state index in [0.717, 1.165) is 62.1 Å². The van der Waals surface area contributed by atoms with E-state index in [0.29, 0.717) is 6.54 Å². The molecule has 0 aromatic heterocycles. The summed E-state index contributed by atoms with van der Waals surface area (Å²) in [6.45, 7) is 4.62. The quantitative estimate of drug-likeness (QED) is 0.788. The van der Waals surface area contributed by atoms with Crippen LogP contribution in [0.25, 0.3) is 0 Å². The number of carbonyl (C=O) groups excluding carboxylic acids is 1. The molecule has 2 N–H and O–H groups in total. The van der Waals surface area contributed by atoms with E-state index in [1.165, 1.54) is 5.57 Å². The number of rotatable bonds is 5. The minimum Gasteiger partial charge on any atom is -0.496 e. The number of amides is 1. The largest absolute Gasteiger partial charge is 0.496 e. The molecule has 0 bridgehead atoms. The highest BCUT2D eigenvalue weighted by atomic mass is 35.5. The zero-order valence-corrected chi connectivity index (χ0v) is 16.0. The fourth-order valence-corrected chi connectivity index (χ4v) is 3.94. The van der Waals surface area contributed by atoms with Crippen molar-refractivity contribution in [1.82, 2.24) is 10.6 Å². The minimum atomic E-state index is -0.394. The second kappa shape index (κ2) is 8.72. The lowest BCUT2D eigenvalue weighted by Crippen LogP contribution is -2.43. The Labute approximate surface area is 156 Å². The minimum absolute atomic E-state index is 0. The van der Waals surface area contributed by atoms with Crippen molar-refractivity contribution in [2.75, 3.05) is 26.7 Å². The highest BCUT2D eigenvalue weighted by Crippen LogP contribution is 2.42. The maximum Gasteiger partial charge on any atom is 0.230 e. The standard InChI is InChI=1S/C20H28N2O2.ClH/c1-15-5-6-17(13-18(15)24-2)20(9-3-4-10-20)19(23)22-14-16-7-11-21-12-8-16;/h5-7,13,21H,3-4,8-12,14H2,1-2H3,(H,22,23);1H. The molecule has 2 aliphatic rings. The van der Waals surface area contributed by atoms with Gasteiger partial charge < -0.3 is 15.4 Å². The van der Waals surface area contributed by atoms with E-state index in [1.54, 1.807) is 7.11 Å². The topological polar surface area (TPSA) is 50.4 Å². The number of aryl methyl sites for hydroxylation is 1. The fourth-order valence-electron chi connectivity index (χ4n) is 3.94. The van der Waals surface area contributed by atoms with Gasteiger partial charge in [-0.15, -0.1) is 12.4 Å². The summed E-state index contributed by atoms with van der Waals surface area (Å²) in [5.41, 5.74) is 3.14. The van der Waals surface area contributed by atoms with Gasteiger partial charge in [0.25, 0.3) is 0 Å². The Morgan fingerprint density at radius 3 is 2.72 bits per heavy atom. The van der Waals surface area contributed by atoms with E-state index in [-0.39, 0.29) is 18.3 Å². The number of nitrogens with one attached hydrogen (secondary N) is 2. The van der Waals surface area contributed by atoms with Crippen molar-refractivity contribution in [1.29, 1.82) is 0 Å². The molecule has 25 heavy (non-hydrogen) atoms. The van der Waals surface area contributed by atoms with Gasteiger partial charge in [-0.2, -0.15) is 0 Å². The lowest BCUT2D eigenvalue weighted by atomic mass is 9.77. The summed E-state index contributed by atoms with van der Waals surface area (Å²) in [7, 11) is 1.69.